The molecule has 1 aromatic carbocycles. The van der Waals surface area contributed by atoms with Gasteiger partial charge in [-0.05, 0) is 29.5 Å². The molecule has 0 saturated heterocycles. The average molecular weight is 334 g/mol. The maximum Gasteiger partial charge on any atom is 0.345 e. The lowest BCUT2D eigenvalue weighted by Gasteiger charge is -2.09. The quantitative estimate of drug-likeness (QED) is 0.644. The summed E-state index contributed by atoms with van der Waals surface area (Å²) in [4.78, 5) is 37.6. The molecule has 2 amide bonds. The zero-order valence-corrected chi connectivity index (χ0v) is 13.2. The number of nitro groups is 1. The van der Waals surface area contributed by atoms with Gasteiger partial charge in [-0.1, -0.05) is 19.9 Å². The number of hydrogen-bond acceptors (Lipinski definition) is 6. The van der Waals surface area contributed by atoms with Crippen LogP contribution in [0.15, 0.2) is 30.5 Å². The number of aromatic nitrogens is 1. The summed E-state index contributed by atoms with van der Waals surface area (Å²) in [6.07, 6.45) is 1.08. The number of anilines is 2. The SMILES string of the molecule is CC(C)C(=O)Nc1cccc(C(=O)Nc2ncc([N+](=O)[O-])s2)c1. The smallest absolute Gasteiger partial charge is 0.326 e. The largest absolute Gasteiger partial charge is 0.345 e. The zero-order chi connectivity index (χ0) is 17.0. The molecule has 0 aliphatic carbocycles. The van der Waals surface area contributed by atoms with Crippen molar-refractivity contribution in [3.8, 4) is 0 Å². The van der Waals surface area contributed by atoms with Gasteiger partial charge in [0.25, 0.3) is 5.91 Å². The molecule has 0 bridgehead atoms. The average Bonchev–Trinajstić information content (AvgIpc) is 2.96. The maximum atomic E-state index is 12.1. The van der Waals surface area contributed by atoms with Crippen LogP contribution in [0.2, 0.25) is 0 Å². The minimum atomic E-state index is -0.574. The molecule has 0 unspecified atom stereocenters. The first kappa shape index (κ1) is 16.6. The number of nitrogens with one attached hydrogen (secondary N) is 2. The first-order valence-electron chi connectivity index (χ1n) is 6.69. The number of carbonyl (C=O) groups is 2. The maximum absolute atomic E-state index is 12.1. The van der Waals surface area contributed by atoms with E-state index >= 15 is 0 Å². The Balaban J connectivity index is 2.09. The lowest BCUT2D eigenvalue weighted by atomic mass is 10.1. The van der Waals surface area contributed by atoms with Crippen LogP contribution in [0, 0.1) is 16.0 Å². The number of nitrogens with zero attached hydrogens (tertiary/aromatic N) is 2. The second-order valence-corrected chi connectivity index (χ2v) is 5.95. The molecule has 2 rings (SSSR count). The van der Waals surface area contributed by atoms with Crippen LogP contribution in [0.3, 0.4) is 0 Å². The van der Waals surface area contributed by atoms with Crippen molar-refractivity contribution < 1.29 is 14.5 Å². The van der Waals surface area contributed by atoms with E-state index < -0.39 is 10.8 Å². The van der Waals surface area contributed by atoms with Crippen molar-refractivity contribution in [1.29, 1.82) is 0 Å². The van der Waals surface area contributed by atoms with E-state index in [1.807, 2.05) is 0 Å². The van der Waals surface area contributed by atoms with Crippen LogP contribution in [-0.4, -0.2) is 21.7 Å². The van der Waals surface area contributed by atoms with Gasteiger partial charge in [-0.15, -0.1) is 0 Å². The van der Waals surface area contributed by atoms with Crippen molar-refractivity contribution in [2.75, 3.05) is 10.6 Å². The van der Waals surface area contributed by atoms with E-state index in [0.717, 1.165) is 17.5 Å². The Bertz CT molecular complexity index is 757. The number of carbonyl (C=O) groups excluding carboxylic acids is 2. The van der Waals surface area contributed by atoms with Crippen molar-refractivity contribution in [2.45, 2.75) is 13.8 Å². The molecule has 2 N–H and O–H groups in total. The van der Waals surface area contributed by atoms with E-state index in [4.69, 9.17) is 0 Å². The summed E-state index contributed by atoms with van der Waals surface area (Å²) in [7, 11) is 0. The van der Waals surface area contributed by atoms with Crippen molar-refractivity contribution in [3.05, 3.63) is 46.1 Å². The number of hydrogen-bond donors (Lipinski definition) is 2. The standard InChI is InChI=1S/C14H14N4O4S/c1-8(2)12(19)16-10-5-3-4-9(6-10)13(20)17-14-15-7-11(23-14)18(21)22/h3-8H,1-2H3,(H,16,19)(H,15,17,20). The number of thiazole rings is 1. The van der Waals surface area contributed by atoms with Crippen molar-refractivity contribution in [1.82, 2.24) is 4.98 Å². The van der Waals surface area contributed by atoms with E-state index in [9.17, 15) is 19.7 Å². The fourth-order valence-corrected chi connectivity index (χ4v) is 2.23. The summed E-state index contributed by atoms with van der Waals surface area (Å²) >= 11 is 0.771. The van der Waals surface area contributed by atoms with Gasteiger partial charge in [0.2, 0.25) is 5.91 Å². The third-order valence-corrected chi connectivity index (χ3v) is 3.68. The van der Waals surface area contributed by atoms with Crippen LogP contribution in [0.25, 0.3) is 0 Å². The molecule has 0 radical (unpaired) electrons. The Morgan fingerprint density at radius 3 is 2.65 bits per heavy atom. The third-order valence-electron chi connectivity index (χ3n) is 2.81. The predicted molar refractivity (Wildman–Crippen MR) is 86.6 cm³/mol. The molecule has 0 atom stereocenters. The molecule has 0 aliphatic heterocycles. The summed E-state index contributed by atoms with van der Waals surface area (Å²) in [5.74, 6) is -0.795. The third kappa shape index (κ3) is 4.33. The molecular formula is C14H14N4O4S. The van der Waals surface area contributed by atoms with E-state index in [1.54, 1.807) is 32.0 Å². The van der Waals surface area contributed by atoms with Gasteiger partial charge in [-0.25, -0.2) is 4.98 Å². The summed E-state index contributed by atoms with van der Waals surface area (Å²) in [6.45, 7) is 3.53. The van der Waals surface area contributed by atoms with Crippen LogP contribution in [0.1, 0.15) is 24.2 Å². The van der Waals surface area contributed by atoms with Gasteiger partial charge in [0.1, 0.15) is 6.20 Å². The molecule has 9 heteroatoms. The number of rotatable bonds is 5. The summed E-state index contributed by atoms with van der Waals surface area (Å²) in [5, 5.41) is 15.8. The Labute approximate surface area is 135 Å². The van der Waals surface area contributed by atoms with Crippen LogP contribution >= 0.6 is 11.3 Å². The first-order valence-corrected chi connectivity index (χ1v) is 7.51. The Kier molecular flexibility index (Phi) is 5.02. The summed E-state index contributed by atoms with van der Waals surface area (Å²) in [6, 6.07) is 6.40. The predicted octanol–water partition coefficient (Wildman–Crippen LogP) is 2.90. The van der Waals surface area contributed by atoms with Gasteiger partial charge in [0.05, 0.1) is 4.92 Å². The topological polar surface area (TPSA) is 114 Å². The van der Waals surface area contributed by atoms with Gasteiger partial charge in [0.15, 0.2) is 5.13 Å². The summed E-state index contributed by atoms with van der Waals surface area (Å²) < 4.78 is 0. The molecule has 0 fully saturated rings. The molecule has 23 heavy (non-hydrogen) atoms. The highest BCUT2D eigenvalue weighted by Crippen LogP contribution is 2.25. The Morgan fingerprint density at radius 1 is 1.30 bits per heavy atom. The monoisotopic (exact) mass is 334 g/mol. The molecule has 2 aromatic rings. The van der Waals surface area contributed by atoms with Gasteiger partial charge in [-0.2, -0.15) is 0 Å². The fourth-order valence-electron chi connectivity index (χ4n) is 1.60. The number of amides is 2. The highest BCUT2D eigenvalue weighted by molar-refractivity contribution is 7.18. The van der Waals surface area contributed by atoms with E-state index in [1.165, 1.54) is 6.07 Å². The normalized spacial score (nSPS) is 10.4. The lowest BCUT2D eigenvalue weighted by molar-refractivity contribution is -0.380. The fraction of sp³-hybridized carbons (Fsp3) is 0.214. The van der Waals surface area contributed by atoms with E-state index in [2.05, 4.69) is 15.6 Å². The summed E-state index contributed by atoms with van der Waals surface area (Å²) in [5.41, 5.74) is 0.811. The van der Waals surface area contributed by atoms with Gasteiger partial charge >= 0.3 is 5.00 Å². The van der Waals surface area contributed by atoms with E-state index in [-0.39, 0.29) is 22.0 Å². The van der Waals surface area contributed by atoms with Crippen molar-refractivity contribution in [3.63, 3.8) is 0 Å². The molecule has 0 saturated carbocycles. The van der Waals surface area contributed by atoms with Crippen LogP contribution in [0.5, 0.6) is 0 Å². The minimum Gasteiger partial charge on any atom is -0.326 e. The molecule has 0 spiro atoms. The van der Waals surface area contributed by atoms with E-state index in [0.29, 0.717) is 11.3 Å². The molecular weight excluding hydrogens is 320 g/mol. The zero-order valence-electron chi connectivity index (χ0n) is 12.4. The Hall–Kier alpha value is -2.81. The molecule has 1 aromatic heterocycles. The van der Waals surface area contributed by atoms with Crippen molar-refractivity contribution >= 4 is 39.0 Å². The second kappa shape index (κ2) is 6.97. The van der Waals surface area contributed by atoms with Crippen LogP contribution in [0.4, 0.5) is 15.8 Å². The lowest BCUT2D eigenvalue weighted by Crippen LogP contribution is -2.18. The Morgan fingerprint density at radius 2 is 2.04 bits per heavy atom. The molecule has 0 aliphatic rings. The van der Waals surface area contributed by atoms with Crippen LogP contribution in [-0.2, 0) is 4.79 Å². The highest BCUT2D eigenvalue weighted by Gasteiger charge is 2.15. The van der Waals surface area contributed by atoms with Gasteiger partial charge in [-0.3, -0.25) is 25.0 Å². The second-order valence-electron chi connectivity index (χ2n) is 4.94. The van der Waals surface area contributed by atoms with Crippen LogP contribution < -0.4 is 10.6 Å². The van der Waals surface area contributed by atoms with Gasteiger partial charge in [0, 0.05) is 17.2 Å². The minimum absolute atomic E-state index is 0.137. The van der Waals surface area contributed by atoms with Gasteiger partial charge < -0.3 is 5.32 Å². The first-order chi connectivity index (χ1) is 10.9. The molecule has 1 heterocycles. The highest BCUT2D eigenvalue weighted by atomic mass is 32.1. The van der Waals surface area contributed by atoms with Crippen molar-refractivity contribution in [2.24, 2.45) is 5.92 Å². The number of benzene rings is 1. The molecule has 8 nitrogen and oxygen atoms in total. The molecule has 120 valence electrons.